The maximum absolute atomic E-state index is 4.05. The van der Waals surface area contributed by atoms with Crippen LogP contribution in [-0.2, 0) is 0 Å². The van der Waals surface area contributed by atoms with Gasteiger partial charge < -0.3 is 0 Å². The highest BCUT2D eigenvalue weighted by molar-refractivity contribution is 5.56. The normalized spacial score (nSPS) is 10.1. The van der Waals surface area contributed by atoms with E-state index in [1.807, 2.05) is 66.7 Å². The van der Waals surface area contributed by atoms with E-state index >= 15 is 0 Å². The van der Waals surface area contributed by atoms with Crippen LogP contribution in [0, 0.1) is 6.92 Å². The molecule has 1 aromatic rings. The second kappa shape index (κ2) is 19.2. The zero-order valence-electron chi connectivity index (χ0n) is 16.0. The Balaban J connectivity index is -0.000000535. The van der Waals surface area contributed by atoms with Gasteiger partial charge >= 0.3 is 0 Å². The summed E-state index contributed by atoms with van der Waals surface area (Å²) in [6.45, 7) is 23.8. The minimum Gasteiger partial charge on any atom is -0.0991 e. The first-order valence-corrected chi connectivity index (χ1v) is 8.40. The number of aryl methyl sites for hydroxylation is 1. The van der Waals surface area contributed by atoms with Gasteiger partial charge in [-0.05, 0) is 41.5 Å². The number of hydrogen-bond donors (Lipinski definition) is 0. The Labute approximate surface area is 139 Å². The average Bonchev–Trinajstić information content (AvgIpc) is 2.58. The summed E-state index contributed by atoms with van der Waals surface area (Å²) in [6.07, 6.45) is 11.9. The van der Waals surface area contributed by atoms with E-state index in [9.17, 15) is 0 Å². The van der Waals surface area contributed by atoms with Crippen molar-refractivity contribution in [2.75, 3.05) is 0 Å². The van der Waals surface area contributed by atoms with E-state index < -0.39 is 0 Å². The van der Waals surface area contributed by atoms with Crippen LogP contribution in [0.15, 0.2) is 43.0 Å². The summed E-state index contributed by atoms with van der Waals surface area (Å²) in [5.74, 6) is 0. The van der Waals surface area contributed by atoms with E-state index in [2.05, 4.69) is 44.4 Å². The lowest BCUT2D eigenvalue weighted by molar-refractivity contribution is 1.38. The molecule has 0 aromatic heterocycles. The molecule has 0 aliphatic carbocycles. The van der Waals surface area contributed by atoms with E-state index in [1.54, 1.807) is 6.08 Å². The quantitative estimate of drug-likeness (QED) is 0.597. The molecule has 0 saturated heterocycles. The third-order valence-corrected chi connectivity index (χ3v) is 2.41. The van der Waals surface area contributed by atoms with Gasteiger partial charge in [-0.15, -0.1) is 0 Å². The first kappa shape index (κ1) is 25.2. The highest BCUT2D eigenvalue weighted by Gasteiger charge is 1.93. The van der Waals surface area contributed by atoms with Gasteiger partial charge in [-0.25, -0.2) is 0 Å². The highest BCUT2D eigenvalue weighted by Crippen LogP contribution is 2.04. The largest absolute Gasteiger partial charge is 0.0991 e. The fourth-order valence-corrected chi connectivity index (χ4v) is 1.51. The maximum Gasteiger partial charge on any atom is -0.0184 e. The van der Waals surface area contributed by atoms with Crippen LogP contribution >= 0.6 is 0 Å². The molecule has 1 rings (SSSR count). The van der Waals surface area contributed by atoms with E-state index in [1.165, 1.54) is 11.1 Å². The molecule has 0 fully saturated rings. The van der Waals surface area contributed by atoms with Gasteiger partial charge in [-0.3, -0.25) is 0 Å². The lowest BCUT2D eigenvalue weighted by Crippen LogP contribution is -2.23. The van der Waals surface area contributed by atoms with Crippen LogP contribution in [0.5, 0.6) is 0 Å². The summed E-state index contributed by atoms with van der Waals surface area (Å²) >= 11 is 0. The molecule has 0 atom stereocenters. The summed E-state index contributed by atoms with van der Waals surface area (Å²) in [7, 11) is 0. The molecule has 0 N–H and O–H groups in total. The minimum atomic E-state index is 1.06. The van der Waals surface area contributed by atoms with Crippen LogP contribution in [0.3, 0.4) is 0 Å². The van der Waals surface area contributed by atoms with Crippen LogP contribution < -0.4 is 10.4 Å². The Morgan fingerprint density at radius 2 is 1.45 bits per heavy atom. The van der Waals surface area contributed by atoms with Gasteiger partial charge in [0.05, 0.1) is 0 Å². The van der Waals surface area contributed by atoms with Crippen molar-refractivity contribution in [2.45, 2.75) is 55.4 Å². The molecule has 0 unspecified atom stereocenters. The summed E-state index contributed by atoms with van der Waals surface area (Å²) in [5, 5.41) is 2.22. The molecule has 22 heavy (non-hydrogen) atoms. The molecule has 0 bridgehead atoms. The SMILES string of the molecule is C=C/C=C\c1c/c(=C/C=C\C)c(=C)cc1C.CC.CC.CC. The van der Waals surface area contributed by atoms with Crippen molar-refractivity contribution in [1.82, 2.24) is 0 Å². The van der Waals surface area contributed by atoms with E-state index in [-0.39, 0.29) is 0 Å². The standard InChI is InChI=1S/C16H18.3C2H6/c1-5-7-9-15-12-16(10-8-6-2)14(4)11-13(15)3;3*1-2/h5-12H,1,4H2,2-3H3;3*1-2H3/b8-6-,9-7-,16-10-;;;. The van der Waals surface area contributed by atoms with Crippen LogP contribution in [0.1, 0.15) is 59.6 Å². The van der Waals surface area contributed by atoms with Gasteiger partial charge in [0.2, 0.25) is 0 Å². The molecule has 0 spiro atoms. The zero-order chi connectivity index (χ0) is 18.0. The second-order valence-corrected chi connectivity index (χ2v) is 3.69. The van der Waals surface area contributed by atoms with Crippen molar-refractivity contribution in [3.05, 3.63) is 64.6 Å². The molecule has 1 aromatic carbocycles. The Bertz CT molecular complexity index is 528. The van der Waals surface area contributed by atoms with Gasteiger partial charge in [-0.1, -0.05) is 97.2 Å². The van der Waals surface area contributed by atoms with Crippen molar-refractivity contribution in [2.24, 2.45) is 0 Å². The lowest BCUT2D eigenvalue weighted by Gasteiger charge is -2.00. The average molecular weight is 301 g/mol. The van der Waals surface area contributed by atoms with Gasteiger partial charge in [0.1, 0.15) is 0 Å². The maximum atomic E-state index is 4.05. The molecule has 0 aliphatic heterocycles. The number of hydrogen-bond acceptors (Lipinski definition) is 0. The summed E-state index contributed by atoms with van der Waals surface area (Å²) in [5.41, 5.74) is 2.45. The van der Waals surface area contributed by atoms with E-state index in [0.29, 0.717) is 0 Å². The summed E-state index contributed by atoms with van der Waals surface area (Å²) in [4.78, 5) is 0. The van der Waals surface area contributed by atoms with Gasteiger partial charge in [0, 0.05) is 0 Å². The highest BCUT2D eigenvalue weighted by atomic mass is 14.0. The molecule has 0 heteroatoms. The molecule has 0 amide bonds. The van der Waals surface area contributed by atoms with E-state index in [0.717, 1.165) is 10.4 Å². The van der Waals surface area contributed by atoms with Crippen molar-refractivity contribution >= 4 is 18.7 Å². The second-order valence-electron chi connectivity index (χ2n) is 3.69. The van der Waals surface area contributed by atoms with Crippen molar-refractivity contribution in [1.29, 1.82) is 0 Å². The van der Waals surface area contributed by atoms with Gasteiger partial charge in [0.15, 0.2) is 0 Å². The van der Waals surface area contributed by atoms with Crippen LogP contribution in [0.2, 0.25) is 0 Å². The monoisotopic (exact) mass is 300 g/mol. The first-order valence-electron chi connectivity index (χ1n) is 8.40. The Kier molecular flexibility index (Phi) is 21.9. The fourth-order valence-electron chi connectivity index (χ4n) is 1.51. The lowest BCUT2D eigenvalue weighted by atomic mass is 10.1. The van der Waals surface area contributed by atoms with E-state index in [4.69, 9.17) is 0 Å². The van der Waals surface area contributed by atoms with Crippen molar-refractivity contribution < 1.29 is 0 Å². The van der Waals surface area contributed by atoms with Crippen molar-refractivity contribution in [3.8, 4) is 0 Å². The number of allylic oxidation sites excluding steroid dienone is 4. The van der Waals surface area contributed by atoms with Crippen LogP contribution in [0.4, 0.5) is 0 Å². The molecule has 124 valence electrons. The van der Waals surface area contributed by atoms with Gasteiger partial charge in [0.25, 0.3) is 0 Å². The van der Waals surface area contributed by atoms with Crippen LogP contribution in [-0.4, -0.2) is 0 Å². The molecular formula is C22H36. The van der Waals surface area contributed by atoms with Gasteiger partial charge in [-0.2, -0.15) is 0 Å². The Hall–Kier alpha value is -1.82. The smallest absolute Gasteiger partial charge is 0.0184 e. The molecule has 0 aliphatic rings. The molecule has 0 saturated carbocycles. The fraction of sp³-hybridized carbons (Fsp3) is 0.364. The number of rotatable bonds is 3. The third kappa shape index (κ3) is 10.9. The molecule has 0 radical (unpaired) electrons. The predicted molar refractivity (Wildman–Crippen MR) is 109 cm³/mol. The predicted octanol–water partition coefficient (Wildman–Crippen LogP) is 6.04. The summed E-state index contributed by atoms with van der Waals surface area (Å²) < 4.78 is 0. The zero-order valence-corrected chi connectivity index (χ0v) is 16.0. The Morgan fingerprint density at radius 1 is 0.909 bits per heavy atom. The topological polar surface area (TPSA) is 0 Å². The first-order chi connectivity index (χ1) is 10.7. The van der Waals surface area contributed by atoms with Crippen LogP contribution in [0.25, 0.3) is 18.7 Å². The minimum absolute atomic E-state index is 1.06. The molecular weight excluding hydrogens is 264 g/mol. The molecule has 0 nitrogen and oxygen atoms in total. The Morgan fingerprint density at radius 3 is 1.91 bits per heavy atom. The molecule has 0 heterocycles. The third-order valence-electron chi connectivity index (χ3n) is 2.41. The number of benzene rings is 1. The summed E-state index contributed by atoms with van der Waals surface area (Å²) in [6, 6.07) is 4.26. The van der Waals surface area contributed by atoms with Crippen molar-refractivity contribution in [3.63, 3.8) is 0 Å².